The molecule has 2 heteroatoms. The maximum Gasteiger partial charge on any atom is 0.119 e. The van der Waals surface area contributed by atoms with Gasteiger partial charge in [-0.15, -0.1) is 0 Å². The van der Waals surface area contributed by atoms with Gasteiger partial charge in [-0.2, -0.15) is 0 Å². The van der Waals surface area contributed by atoms with Crippen molar-refractivity contribution in [1.29, 1.82) is 0 Å². The zero-order valence-electron chi connectivity index (χ0n) is 12.9. The summed E-state index contributed by atoms with van der Waals surface area (Å²) in [6.07, 6.45) is 5.09. The van der Waals surface area contributed by atoms with Gasteiger partial charge in [-0.1, -0.05) is 45.2 Å². The van der Waals surface area contributed by atoms with E-state index in [9.17, 15) is 0 Å². The fraction of sp³-hybridized carbons (Fsp3) is 0.647. The lowest BCUT2D eigenvalue weighted by Gasteiger charge is -2.23. The van der Waals surface area contributed by atoms with Crippen molar-refractivity contribution >= 4 is 0 Å². The first-order chi connectivity index (χ1) is 9.08. The van der Waals surface area contributed by atoms with Crippen LogP contribution in [-0.2, 0) is 0 Å². The lowest BCUT2D eigenvalue weighted by molar-refractivity contribution is 0.242. The maximum atomic E-state index is 6.40. The maximum absolute atomic E-state index is 6.40. The van der Waals surface area contributed by atoms with Crippen LogP contribution in [0.4, 0.5) is 0 Å². The van der Waals surface area contributed by atoms with E-state index < -0.39 is 0 Å². The van der Waals surface area contributed by atoms with Crippen LogP contribution in [0, 0.1) is 5.92 Å². The van der Waals surface area contributed by atoms with Crippen molar-refractivity contribution in [3.8, 4) is 5.75 Å². The fourth-order valence-electron chi connectivity index (χ4n) is 2.42. The minimum absolute atomic E-state index is 0.143. The smallest absolute Gasteiger partial charge is 0.119 e. The number of rotatable bonds is 8. The molecule has 0 aliphatic carbocycles. The SMILES string of the molecule is CCCCC(CC)C(N)c1ccc(OC(C)C)cc1. The van der Waals surface area contributed by atoms with E-state index in [-0.39, 0.29) is 12.1 Å². The van der Waals surface area contributed by atoms with Crippen LogP contribution in [-0.4, -0.2) is 6.10 Å². The number of benzene rings is 1. The largest absolute Gasteiger partial charge is 0.491 e. The molecule has 0 amide bonds. The molecule has 0 saturated heterocycles. The van der Waals surface area contributed by atoms with Crippen molar-refractivity contribution < 1.29 is 4.74 Å². The topological polar surface area (TPSA) is 35.2 Å². The Morgan fingerprint density at radius 1 is 1.11 bits per heavy atom. The zero-order chi connectivity index (χ0) is 14.3. The third-order valence-corrected chi connectivity index (χ3v) is 3.60. The average molecular weight is 263 g/mol. The lowest BCUT2D eigenvalue weighted by Crippen LogP contribution is -2.21. The summed E-state index contributed by atoms with van der Waals surface area (Å²) in [5.74, 6) is 1.50. The van der Waals surface area contributed by atoms with Gasteiger partial charge < -0.3 is 10.5 Å². The van der Waals surface area contributed by atoms with E-state index in [0.717, 1.165) is 12.2 Å². The summed E-state index contributed by atoms with van der Waals surface area (Å²) in [5, 5.41) is 0. The van der Waals surface area contributed by atoms with Crippen LogP contribution in [0.1, 0.15) is 65.0 Å². The van der Waals surface area contributed by atoms with Gasteiger partial charge in [0.1, 0.15) is 5.75 Å². The number of nitrogens with two attached hydrogens (primary N) is 1. The van der Waals surface area contributed by atoms with Crippen LogP contribution >= 0.6 is 0 Å². The molecule has 1 rings (SSSR count). The Balaban J connectivity index is 2.67. The molecule has 2 nitrogen and oxygen atoms in total. The van der Waals surface area contributed by atoms with Crippen LogP contribution in [0.5, 0.6) is 5.75 Å². The predicted molar refractivity (Wildman–Crippen MR) is 82.4 cm³/mol. The Hall–Kier alpha value is -1.02. The van der Waals surface area contributed by atoms with Crippen molar-refractivity contribution in [1.82, 2.24) is 0 Å². The molecule has 2 unspecified atom stereocenters. The van der Waals surface area contributed by atoms with E-state index in [0.29, 0.717) is 5.92 Å². The third kappa shape index (κ3) is 5.23. The van der Waals surface area contributed by atoms with Gasteiger partial charge in [-0.3, -0.25) is 0 Å². The molecular weight excluding hydrogens is 234 g/mol. The van der Waals surface area contributed by atoms with Gasteiger partial charge in [0.25, 0.3) is 0 Å². The molecule has 0 bridgehead atoms. The monoisotopic (exact) mass is 263 g/mol. The van der Waals surface area contributed by atoms with Crippen LogP contribution in [0.25, 0.3) is 0 Å². The van der Waals surface area contributed by atoms with Gasteiger partial charge in [-0.25, -0.2) is 0 Å². The summed E-state index contributed by atoms with van der Waals surface area (Å²) in [6, 6.07) is 8.42. The average Bonchev–Trinajstić information content (AvgIpc) is 2.39. The number of hydrogen-bond donors (Lipinski definition) is 1. The van der Waals surface area contributed by atoms with E-state index >= 15 is 0 Å². The van der Waals surface area contributed by atoms with Crippen LogP contribution < -0.4 is 10.5 Å². The quantitative estimate of drug-likeness (QED) is 0.738. The van der Waals surface area contributed by atoms with Gasteiger partial charge >= 0.3 is 0 Å². The molecule has 108 valence electrons. The van der Waals surface area contributed by atoms with Gasteiger partial charge in [-0.05, 0) is 43.9 Å². The van der Waals surface area contributed by atoms with Gasteiger partial charge in [0.2, 0.25) is 0 Å². The molecule has 0 radical (unpaired) electrons. The van der Waals surface area contributed by atoms with Gasteiger partial charge in [0, 0.05) is 6.04 Å². The molecule has 0 aliphatic rings. The number of unbranched alkanes of at least 4 members (excludes halogenated alkanes) is 1. The van der Waals surface area contributed by atoms with E-state index in [1.54, 1.807) is 0 Å². The second-order valence-electron chi connectivity index (χ2n) is 5.57. The summed E-state index contributed by atoms with van der Waals surface area (Å²) in [4.78, 5) is 0. The summed E-state index contributed by atoms with van der Waals surface area (Å²) in [5.41, 5.74) is 7.62. The molecular formula is C17H29NO. The molecule has 0 aromatic heterocycles. The van der Waals surface area contributed by atoms with Crippen molar-refractivity contribution in [3.05, 3.63) is 29.8 Å². The highest BCUT2D eigenvalue weighted by molar-refractivity contribution is 5.29. The fourth-order valence-corrected chi connectivity index (χ4v) is 2.42. The van der Waals surface area contributed by atoms with Crippen LogP contribution in [0.2, 0.25) is 0 Å². The molecule has 2 atom stereocenters. The summed E-state index contributed by atoms with van der Waals surface area (Å²) in [6.45, 7) is 8.54. The zero-order valence-corrected chi connectivity index (χ0v) is 12.9. The standard InChI is InChI=1S/C17H29NO/c1-5-7-8-14(6-2)17(18)15-9-11-16(12-10-15)19-13(3)4/h9-14,17H,5-8,18H2,1-4H3. The van der Waals surface area contributed by atoms with E-state index in [4.69, 9.17) is 10.5 Å². The highest BCUT2D eigenvalue weighted by atomic mass is 16.5. The Labute approximate surface area is 118 Å². The Morgan fingerprint density at radius 3 is 2.21 bits per heavy atom. The van der Waals surface area contributed by atoms with E-state index in [2.05, 4.69) is 26.0 Å². The first-order valence-electron chi connectivity index (χ1n) is 7.60. The molecule has 2 N–H and O–H groups in total. The first-order valence-corrected chi connectivity index (χ1v) is 7.60. The Morgan fingerprint density at radius 2 is 1.74 bits per heavy atom. The molecule has 1 aromatic rings. The minimum atomic E-state index is 0.143. The number of hydrogen-bond acceptors (Lipinski definition) is 2. The van der Waals surface area contributed by atoms with Gasteiger partial charge in [0.05, 0.1) is 6.10 Å². The number of ether oxygens (including phenoxy) is 1. The molecule has 1 aromatic carbocycles. The van der Waals surface area contributed by atoms with Crippen molar-refractivity contribution in [2.75, 3.05) is 0 Å². The molecule has 0 aliphatic heterocycles. The lowest BCUT2D eigenvalue weighted by atomic mass is 9.87. The first kappa shape index (κ1) is 16.0. The van der Waals surface area contributed by atoms with Crippen molar-refractivity contribution in [2.45, 2.75) is 65.5 Å². The molecule has 19 heavy (non-hydrogen) atoms. The second kappa shape index (κ2) is 8.21. The third-order valence-electron chi connectivity index (χ3n) is 3.60. The summed E-state index contributed by atoms with van der Waals surface area (Å²) in [7, 11) is 0. The molecule has 0 heterocycles. The second-order valence-corrected chi connectivity index (χ2v) is 5.57. The normalized spacial score (nSPS) is 14.4. The predicted octanol–water partition coefficient (Wildman–Crippen LogP) is 4.69. The molecule has 0 fully saturated rings. The van der Waals surface area contributed by atoms with Crippen LogP contribution in [0.15, 0.2) is 24.3 Å². The van der Waals surface area contributed by atoms with Gasteiger partial charge in [0.15, 0.2) is 0 Å². The minimum Gasteiger partial charge on any atom is -0.491 e. The van der Waals surface area contributed by atoms with Crippen molar-refractivity contribution in [2.24, 2.45) is 11.7 Å². The van der Waals surface area contributed by atoms with Crippen LogP contribution in [0.3, 0.4) is 0 Å². The molecule has 0 spiro atoms. The highest BCUT2D eigenvalue weighted by Gasteiger charge is 2.17. The van der Waals surface area contributed by atoms with E-state index in [1.165, 1.54) is 24.8 Å². The Kier molecular flexibility index (Phi) is 6.93. The van der Waals surface area contributed by atoms with Crippen molar-refractivity contribution in [3.63, 3.8) is 0 Å². The Bertz CT molecular complexity index is 345. The van der Waals surface area contributed by atoms with E-state index in [1.807, 2.05) is 26.0 Å². The highest BCUT2D eigenvalue weighted by Crippen LogP contribution is 2.28. The summed E-state index contributed by atoms with van der Waals surface area (Å²) >= 11 is 0. The summed E-state index contributed by atoms with van der Waals surface area (Å²) < 4.78 is 5.66. The molecule has 0 saturated carbocycles.